The molecule has 0 spiro atoms. The van der Waals surface area contributed by atoms with Gasteiger partial charge in [0.25, 0.3) is 5.91 Å². The summed E-state index contributed by atoms with van der Waals surface area (Å²) < 4.78 is 29.7. The summed E-state index contributed by atoms with van der Waals surface area (Å²) in [6, 6.07) is 15.2. The molecule has 0 N–H and O–H groups in total. The molecular weight excluding hydrogens is 362 g/mol. The van der Waals surface area contributed by atoms with Gasteiger partial charge < -0.3 is 9.64 Å². The number of hydrogen-bond acceptors (Lipinski definition) is 4. The fourth-order valence-electron chi connectivity index (χ4n) is 3.47. The zero-order valence-electron chi connectivity index (χ0n) is 15.7. The average Bonchev–Trinajstić information content (AvgIpc) is 2.99. The lowest BCUT2D eigenvalue weighted by Gasteiger charge is -2.28. The van der Waals surface area contributed by atoms with Crippen molar-refractivity contribution < 1.29 is 17.9 Å². The van der Waals surface area contributed by atoms with Gasteiger partial charge in [0, 0.05) is 12.6 Å². The predicted molar refractivity (Wildman–Crippen MR) is 105 cm³/mol. The number of nitrogens with zero attached hydrogens (tertiary/aromatic N) is 1. The Morgan fingerprint density at radius 1 is 1.07 bits per heavy atom. The number of rotatable bonds is 6. The minimum Gasteiger partial charge on any atom is -0.483 e. The van der Waals surface area contributed by atoms with Crippen LogP contribution in [0, 0.1) is 13.8 Å². The van der Waals surface area contributed by atoms with Crippen LogP contribution in [0.25, 0.3) is 0 Å². The molecule has 1 amide bonds. The number of benzene rings is 2. The molecule has 3 rings (SSSR count). The zero-order valence-corrected chi connectivity index (χ0v) is 16.5. The normalized spacial score (nSPS) is 18.2. The van der Waals surface area contributed by atoms with Gasteiger partial charge >= 0.3 is 0 Å². The van der Waals surface area contributed by atoms with E-state index < -0.39 is 9.84 Å². The third kappa shape index (κ3) is 4.89. The third-order valence-corrected chi connectivity index (χ3v) is 6.66. The molecular formula is C21H25NO4S. The predicted octanol–water partition coefficient (Wildman–Crippen LogP) is 2.90. The van der Waals surface area contributed by atoms with Crippen molar-refractivity contribution >= 4 is 15.7 Å². The Bertz CT molecular complexity index is 889. The van der Waals surface area contributed by atoms with Crippen LogP contribution in [0.15, 0.2) is 48.5 Å². The number of hydrogen-bond donors (Lipinski definition) is 0. The number of para-hydroxylation sites is 1. The summed E-state index contributed by atoms with van der Waals surface area (Å²) in [4.78, 5) is 14.6. The van der Waals surface area contributed by atoms with E-state index in [-0.39, 0.29) is 30.1 Å². The monoisotopic (exact) mass is 387 g/mol. The number of amides is 1. The summed E-state index contributed by atoms with van der Waals surface area (Å²) in [5.41, 5.74) is 2.92. The molecule has 0 saturated carbocycles. The molecule has 144 valence electrons. The number of aryl methyl sites for hydroxylation is 2. The van der Waals surface area contributed by atoms with E-state index >= 15 is 0 Å². The maximum Gasteiger partial charge on any atom is 0.261 e. The van der Waals surface area contributed by atoms with E-state index in [1.165, 1.54) is 0 Å². The fraction of sp³-hybridized carbons (Fsp3) is 0.381. The standard InChI is InChI=1S/C21H25NO4S/c1-16-7-6-8-17(2)21(16)26-14-20(23)22(13-18-9-4-3-5-10-18)19-11-12-27(24,25)15-19/h3-10,19H,11-15H2,1-2H3/t19-/m1/s1. The van der Waals surface area contributed by atoms with Crippen LogP contribution in [0.3, 0.4) is 0 Å². The second-order valence-electron chi connectivity index (χ2n) is 7.07. The zero-order chi connectivity index (χ0) is 19.4. The second-order valence-corrected chi connectivity index (χ2v) is 9.30. The molecule has 5 nitrogen and oxygen atoms in total. The molecule has 1 atom stereocenters. The Hall–Kier alpha value is -2.34. The summed E-state index contributed by atoms with van der Waals surface area (Å²) in [7, 11) is -3.08. The molecule has 1 aliphatic rings. The van der Waals surface area contributed by atoms with E-state index in [0.717, 1.165) is 16.7 Å². The maximum atomic E-state index is 12.9. The van der Waals surface area contributed by atoms with Crippen molar-refractivity contribution in [1.82, 2.24) is 4.90 Å². The molecule has 0 bridgehead atoms. The van der Waals surface area contributed by atoms with Gasteiger partial charge in [0.1, 0.15) is 5.75 Å². The molecule has 27 heavy (non-hydrogen) atoms. The van der Waals surface area contributed by atoms with Crippen LogP contribution in [0.1, 0.15) is 23.1 Å². The smallest absolute Gasteiger partial charge is 0.261 e. The largest absolute Gasteiger partial charge is 0.483 e. The van der Waals surface area contributed by atoms with Crippen molar-refractivity contribution in [3.05, 3.63) is 65.2 Å². The number of sulfone groups is 1. The molecule has 0 aromatic heterocycles. The third-order valence-electron chi connectivity index (χ3n) is 4.91. The topological polar surface area (TPSA) is 63.7 Å². The highest BCUT2D eigenvalue weighted by atomic mass is 32.2. The number of carbonyl (C=O) groups excluding carboxylic acids is 1. The lowest BCUT2D eigenvalue weighted by molar-refractivity contribution is -0.136. The second kappa shape index (κ2) is 8.13. The van der Waals surface area contributed by atoms with Crippen LogP contribution in [-0.2, 0) is 21.2 Å². The summed E-state index contributed by atoms with van der Waals surface area (Å²) in [5, 5.41) is 0. The van der Waals surface area contributed by atoms with Crippen molar-refractivity contribution in [2.45, 2.75) is 32.9 Å². The fourth-order valence-corrected chi connectivity index (χ4v) is 5.20. The van der Waals surface area contributed by atoms with Crippen LogP contribution in [0.4, 0.5) is 0 Å². The highest BCUT2D eigenvalue weighted by Crippen LogP contribution is 2.24. The molecule has 1 aliphatic heterocycles. The first-order chi connectivity index (χ1) is 12.9. The molecule has 1 fully saturated rings. The van der Waals surface area contributed by atoms with Crippen LogP contribution in [-0.4, -0.2) is 43.4 Å². The van der Waals surface area contributed by atoms with E-state index in [1.54, 1.807) is 4.90 Å². The lowest BCUT2D eigenvalue weighted by Crippen LogP contribution is -2.43. The summed E-state index contributed by atoms with van der Waals surface area (Å²) in [6.45, 7) is 4.17. The van der Waals surface area contributed by atoms with Crippen molar-refractivity contribution in [3.63, 3.8) is 0 Å². The van der Waals surface area contributed by atoms with E-state index in [1.807, 2.05) is 62.4 Å². The van der Waals surface area contributed by atoms with E-state index in [2.05, 4.69) is 0 Å². The van der Waals surface area contributed by atoms with Gasteiger partial charge in [-0.05, 0) is 37.0 Å². The number of ether oxygens (including phenoxy) is 1. The van der Waals surface area contributed by atoms with Crippen molar-refractivity contribution in [2.75, 3.05) is 18.1 Å². The van der Waals surface area contributed by atoms with Crippen LogP contribution >= 0.6 is 0 Å². The molecule has 0 unspecified atom stereocenters. The summed E-state index contributed by atoms with van der Waals surface area (Å²) in [5.74, 6) is 0.677. The lowest BCUT2D eigenvalue weighted by atomic mass is 10.1. The van der Waals surface area contributed by atoms with Gasteiger partial charge in [-0.2, -0.15) is 0 Å². The Balaban J connectivity index is 1.76. The first-order valence-electron chi connectivity index (χ1n) is 9.08. The van der Waals surface area contributed by atoms with Gasteiger partial charge in [0.15, 0.2) is 16.4 Å². The van der Waals surface area contributed by atoms with Gasteiger partial charge in [-0.25, -0.2) is 8.42 Å². The van der Waals surface area contributed by atoms with Crippen molar-refractivity contribution in [2.24, 2.45) is 0 Å². The van der Waals surface area contributed by atoms with Crippen molar-refractivity contribution in [3.8, 4) is 5.75 Å². The molecule has 2 aromatic carbocycles. The highest BCUT2D eigenvalue weighted by molar-refractivity contribution is 7.91. The van der Waals surface area contributed by atoms with Gasteiger partial charge in [-0.15, -0.1) is 0 Å². The van der Waals surface area contributed by atoms with E-state index in [4.69, 9.17) is 4.74 Å². The Morgan fingerprint density at radius 3 is 2.33 bits per heavy atom. The maximum absolute atomic E-state index is 12.9. The number of carbonyl (C=O) groups is 1. The Labute approximate surface area is 160 Å². The van der Waals surface area contributed by atoms with Crippen molar-refractivity contribution in [1.29, 1.82) is 0 Å². The molecule has 6 heteroatoms. The van der Waals surface area contributed by atoms with Gasteiger partial charge in [0.05, 0.1) is 11.5 Å². The van der Waals surface area contributed by atoms with Crippen LogP contribution in [0.2, 0.25) is 0 Å². The molecule has 2 aromatic rings. The quantitative estimate of drug-likeness (QED) is 0.765. The van der Waals surface area contributed by atoms with E-state index in [9.17, 15) is 13.2 Å². The minimum atomic E-state index is -3.08. The minimum absolute atomic E-state index is 0.0228. The van der Waals surface area contributed by atoms with E-state index in [0.29, 0.717) is 18.7 Å². The first-order valence-corrected chi connectivity index (χ1v) is 10.9. The molecule has 1 saturated heterocycles. The Kier molecular flexibility index (Phi) is 5.85. The molecule has 0 radical (unpaired) electrons. The van der Waals surface area contributed by atoms with Gasteiger partial charge in [0.2, 0.25) is 0 Å². The summed E-state index contributed by atoms with van der Waals surface area (Å²) in [6.07, 6.45) is 0.476. The molecule has 0 aliphatic carbocycles. The average molecular weight is 388 g/mol. The van der Waals surface area contributed by atoms with Crippen LogP contribution < -0.4 is 4.74 Å². The first kappa shape index (κ1) is 19.4. The SMILES string of the molecule is Cc1cccc(C)c1OCC(=O)N(Cc1ccccc1)[C@@H]1CCS(=O)(=O)C1. The highest BCUT2D eigenvalue weighted by Gasteiger charge is 2.34. The van der Waals surface area contributed by atoms with Gasteiger partial charge in [-0.1, -0.05) is 48.5 Å². The van der Waals surface area contributed by atoms with Gasteiger partial charge in [-0.3, -0.25) is 4.79 Å². The van der Waals surface area contributed by atoms with Crippen LogP contribution in [0.5, 0.6) is 5.75 Å². The summed E-state index contributed by atoms with van der Waals surface area (Å²) >= 11 is 0. The Morgan fingerprint density at radius 2 is 1.74 bits per heavy atom. The molecule has 1 heterocycles.